The zero-order valence-corrected chi connectivity index (χ0v) is 12.6. The van der Waals surface area contributed by atoms with Crippen molar-refractivity contribution in [1.82, 2.24) is 15.0 Å². The average Bonchev–Trinajstić information content (AvgIpc) is 3.13. The van der Waals surface area contributed by atoms with Crippen molar-refractivity contribution in [2.75, 3.05) is 48.5 Å². The summed E-state index contributed by atoms with van der Waals surface area (Å²) in [6, 6.07) is 0. The summed E-state index contributed by atoms with van der Waals surface area (Å²) in [6.45, 7) is 8.37. The van der Waals surface area contributed by atoms with Gasteiger partial charge in [-0.05, 0) is 17.8 Å². The van der Waals surface area contributed by atoms with Crippen molar-refractivity contribution >= 4 is 17.8 Å². The number of morpholine rings is 1. The van der Waals surface area contributed by atoms with Gasteiger partial charge in [0.2, 0.25) is 17.8 Å². The minimum Gasteiger partial charge on any atom is -0.378 e. The fourth-order valence-corrected chi connectivity index (χ4v) is 2.55. The molecule has 21 heavy (non-hydrogen) atoms. The van der Waals surface area contributed by atoms with Crippen molar-refractivity contribution in [2.24, 2.45) is 17.2 Å². The number of nitrogens with one attached hydrogen (secondary N) is 2. The van der Waals surface area contributed by atoms with Gasteiger partial charge < -0.3 is 15.0 Å². The Morgan fingerprint density at radius 1 is 1.24 bits per heavy atom. The lowest BCUT2D eigenvalue weighted by Crippen LogP contribution is -2.37. The van der Waals surface area contributed by atoms with Crippen LogP contribution in [0.2, 0.25) is 0 Å². The first-order chi connectivity index (χ1) is 10.1. The average molecular weight is 293 g/mol. The lowest BCUT2D eigenvalue weighted by atomic mass is 10.1. The molecule has 3 rings (SSSR count). The fourth-order valence-electron chi connectivity index (χ4n) is 2.55. The molecule has 8 heteroatoms. The Morgan fingerprint density at radius 3 is 2.52 bits per heavy atom. The Hall–Kier alpha value is -1.67. The normalized spacial score (nSPS) is 23.8. The van der Waals surface area contributed by atoms with Gasteiger partial charge in [0.25, 0.3) is 0 Å². The first-order valence-electron chi connectivity index (χ1n) is 7.38. The lowest BCUT2D eigenvalue weighted by Gasteiger charge is -2.27. The van der Waals surface area contributed by atoms with Crippen molar-refractivity contribution in [3.63, 3.8) is 0 Å². The Labute approximate surface area is 124 Å². The standard InChI is InChI=1S/C13H23N7O/c1-13(2)7-9(13)8-15-10-16-11(19-14)18-12(17-10)20-3-5-21-6-4-20/h9H,3-8,14H2,1-2H3,(H2,15,16,17,18,19). The predicted octanol–water partition coefficient (Wildman–Crippen LogP) is 0.452. The maximum Gasteiger partial charge on any atom is 0.243 e. The number of nitrogens with zero attached hydrogens (tertiary/aromatic N) is 4. The van der Waals surface area contributed by atoms with Crippen molar-refractivity contribution in [3.05, 3.63) is 0 Å². The van der Waals surface area contributed by atoms with E-state index in [0.717, 1.165) is 19.6 Å². The molecule has 4 N–H and O–H groups in total. The van der Waals surface area contributed by atoms with Crippen LogP contribution < -0.4 is 21.5 Å². The number of nitrogen functional groups attached to an aromatic ring is 1. The van der Waals surface area contributed by atoms with Gasteiger partial charge in [-0.2, -0.15) is 15.0 Å². The van der Waals surface area contributed by atoms with E-state index in [9.17, 15) is 0 Å². The van der Waals surface area contributed by atoms with Crippen LogP contribution in [-0.4, -0.2) is 47.8 Å². The summed E-state index contributed by atoms with van der Waals surface area (Å²) in [5.41, 5.74) is 2.94. The number of rotatable bonds is 5. The Morgan fingerprint density at radius 2 is 1.90 bits per heavy atom. The Bertz CT molecular complexity index is 501. The molecule has 116 valence electrons. The predicted molar refractivity (Wildman–Crippen MR) is 81.0 cm³/mol. The summed E-state index contributed by atoms with van der Waals surface area (Å²) >= 11 is 0. The molecular weight excluding hydrogens is 270 g/mol. The molecule has 0 radical (unpaired) electrons. The van der Waals surface area contributed by atoms with Crippen LogP contribution in [0.15, 0.2) is 0 Å². The topological polar surface area (TPSA) is 101 Å². The Balaban J connectivity index is 1.70. The van der Waals surface area contributed by atoms with E-state index < -0.39 is 0 Å². The summed E-state index contributed by atoms with van der Waals surface area (Å²) < 4.78 is 5.35. The van der Waals surface area contributed by atoms with E-state index in [4.69, 9.17) is 10.6 Å². The highest BCUT2D eigenvalue weighted by Gasteiger charge is 2.45. The lowest BCUT2D eigenvalue weighted by molar-refractivity contribution is 0.122. The number of nitrogens with two attached hydrogens (primary N) is 1. The number of hydrogen-bond acceptors (Lipinski definition) is 8. The highest BCUT2D eigenvalue weighted by molar-refractivity contribution is 5.43. The summed E-state index contributed by atoms with van der Waals surface area (Å²) in [7, 11) is 0. The van der Waals surface area contributed by atoms with Gasteiger partial charge in [0.15, 0.2) is 0 Å². The molecule has 0 bridgehead atoms. The third-order valence-corrected chi connectivity index (χ3v) is 4.27. The van der Waals surface area contributed by atoms with Crippen LogP contribution in [0, 0.1) is 11.3 Å². The van der Waals surface area contributed by atoms with E-state index in [1.165, 1.54) is 6.42 Å². The molecule has 0 amide bonds. The molecule has 8 nitrogen and oxygen atoms in total. The molecule has 0 spiro atoms. The number of hydrogen-bond donors (Lipinski definition) is 3. The second-order valence-electron chi connectivity index (χ2n) is 6.30. The summed E-state index contributed by atoms with van der Waals surface area (Å²) in [5, 5.41) is 3.30. The minimum absolute atomic E-state index is 0.379. The van der Waals surface area contributed by atoms with Crippen LogP contribution in [0.1, 0.15) is 20.3 Å². The second kappa shape index (κ2) is 5.61. The molecule has 1 unspecified atom stereocenters. The minimum atomic E-state index is 0.379. The van der Waals surface area contributed by atoms with Crippen LogP contribution >= 0.6 is 0 Å². The van der Waals surface area contributed by atoms with Crippen LogP contribution in [0.25, 0.3) is 0 Å². The molecule has 1 aliphatic carbocycles. The third-order valence-electron chi connectivity index (χ3n) is 4.27. The zero-order chi connectivity index (χ0) is 14.9. The molecular formula is C13H23N7O. The van der Waals surface area contributed by atoms with E-state index in [0.29, 0.717) is 42.4 Å². The number of hydrazine groups is 1. The van der Waals surface area contributed by atoms with Crippen LogP contribution in [0.5, 0.6) is 0 Å². The smallest absolute Gasteiger partial charge is 0.243 e. The first kappa shape index (κ1) is 14.3. The molecule has 0 aromatic carbocycles. The van der Waals surface area contributed by atoms with Gasteiger partial charge in [-0.25, -0.2) is 5.84 Å². The molecule has 2 fully saturated rings. The van der Waals surface area contributed by atoms with Gasteiger partial charge in [0, 0.05) is 19.6 Å². The Kier molecular flexibility index (Phi) is 3.81. The summed E-state index contributed by atoms with van der Waals surface area (Å²) in [6.07, 6.45) is 1.24. The van der Waals surface area contributed by atoms with Gasteiger partial charge in [-0.1, -0.05) is 13.8 Å². The van der Waals surface area contributed by atoms with Gasteiger partial charge in [0.1, 0.15) is 0 Å². The van der Waals surface area contributed by atoms with Crippen LogP contribution in [0.3, 0.4) is 0 Å². The molecule has 2 heterocycles. The maximum absolute atomic E-state index is 5.45. The molecule has 1 aliphatic heterocycles. The van der Waals surface area contributed by atoms with Crippen LogP contribution in [-0.2, 0) is 4.74 Å². The third kappa shape index (κ3) is 3.33. The quantitative estimate of drug-likeness (QED) is 0.531. The van der Waals surface area contributed by atoms with E-state index in [2.05, 4.69) is 44.4 Å². The van der Waals surface area contributed by atoms with Gasteiger partial charge in [-0.3, -0.25) is 5.43 Å². The monoisotopic (exact) mass is 293 g/mol. The summed E-state index contributed by atoms with van der Waals surface area (Å²) in [5.74, 6) is 7.72. The molecule has 1 saturated carbocycles. The zero-order valence-electron chi connectivity index (χ0n) is 12.6. The number of ether oxygens (including phenoxy) is 1. The number of anilines is 3. The van der Waals surface area contributed by atoms with Crippen molar-refractivity contribution in [2.45, 2.75) is 20.3 Å². The fraction of sp³-hybridized carbons (Fsp3) is 0.769. The van der Waals surface area contributed by atoms with Crippen molar-refractivity contribution in [1.29, 1.82) is 0 Å². The van der Waals surface area contributed by atoms with Gasteiger partial charge in [-0.15, -0.1) is 0 Å². The highest BCUT2D eigenvalue weighted by Crippen LogP contribution is 2.51. The molecule has 1 aromatic rings. The van der Waals surface area contributed by atoms with Gasteiger partial charge in [0.05, 0.1) is 13.2 Å². The first-order valence-corrected chi connectivity index (χ1v) is 7.38. The largest absolute Gasteiger partial charge is 0.378 e. The second-order valence-corrected chi connectivity index (χ2v) is 6.30. The van der Waals surface area contributed by atoms with Crippen molar-refractivity contribution < 1.29 is 4.74 Å². The molecule has 2 aliphatic rings. The van der Waals surface area contributed by atoms with E-state index in [1.54, 1.807) is 0 Å². The van der Waals surface area contributed by atoms with E-state index in [-0.39, 0.29) is 0 Å². The van der Waals surface area contributed by atoms with E-state index >= 15 is 0 Å². The molecule has 1 atom stereocenters. The van der Waals surface area contributed by atoms with Gasteiger partial charge >= 0.3 is 0 Å². The summed E-state index contributed by atoms with van der Waals surface area (Å²) in [4.78, 5) is 15.2. The molecule has 1 saturated heterocycles. The SMILES string of the molecule is CC1(C)CC1CNc1nc(NN)nc(N2CCOCC2)n1. The van der Waals surface area contributed by atoms with Crippen molar-refractivity contribution in [3.8, 4) is 0 Å². The maximum atomic E-state index is 5.45. The highest BCUT2D eigenvalue weighted by atomic mass is 16.5. The van der Waals surface area contributed by atoms with E-state index in [1.807, 2.05) is 0 Å². The number of aromatic nitrogens is 3. The molecule has 1 aromatic heterocycles. The van der Waals surface area contributed by atoms with Crippen LogP contribution in [0.4, 0.5) is 17.8 Å².